The van der Waals surface area contributed by atoms with Crippen molar-refractivity contribution in [3.8, 4) is 5.75 Å². The summed E-state index contributed by atoms with van der Waals surface area (Å²) in [6.07, 6.45) is 3.45. The van der Waals surface area contributed by atoms with Gasteiger partial charge in [-0.15, -0.1) is 0 Å². The highest BCUT2D eigenvalue weighted by Gasteiger charge is 2.52. The Labute approximate surface area is 135 Å². The SMILES string of the molecule is COC(=O)CCCc1cccc2c1OC1C[C@H]3OCOC[C@@H]3C21. The van der Waals surface area contributed by atoms with Crippen molar-refractivity contribution in [3.05, 3.63) is 29.3 Å². The van der Waals surface area contributed by atoms with E-state index in [1.807, 2.05) is 0 Å². The summed E-state index contributed by atoms with van der Waals surface area (Å²) in [5.74, 6) is 1.63. The minimum Gasteiger partial charge on any atom is -0.489 e. The van der Waals surface area contributed by atoms with Crippen molar-refractivity contribution in [1.29, 1.82) is 0 Å². The molecule has 0 bridgehead atoms. The van der Waals surface area contributed by atoms with Crippen LogP contribution < -0.4 is 4.74 Å². The zero-order chi connectivity index (χ0) is 15.8. The molecular weight excluding hydrogens is 296 g/mol. The standard InChI is InChI=1S/C18H22O5/c1-20-16(19)7-3-5-11-4-2-6-12-17-13-9-21-10-22-14(13)8-15(17)23-18(11)12/h2,4,6,13-15,17H,3,5,7-10H2,1H3/t13-,14+,15?,17?/m0/s1. The highest BCUT2D eigenvalue weighted by Crippen LogP contribution is 2.53. The molecule has 2 heterocycles. The quantitative estimate of drug-likeness (QED) is 0.798. The average molecular weight is 318 g/mol. The van der Waals surface area contributed by atoms with E-state index in [4.69, 9.17) is 18.9 Å². The van der Waals surface area contributed by atoms with Crippen molar-refractivity contribution in [2.45, 2.75) is 43.8 Å². The molecule has 0 N–H and O–H groups in total. The molecule has 0 aromatic heterocycles. The first-order valence-corrected chi connectivity index (χ1v) is 8.32. The molecule has 4 atom stereocenters. The first-order valence-electron chi connectivity index (χ1n) is 8.32. The molecule has 0 radical (unpaired) electrons. The molecule has 4 rings (SSSR count). The first kappa shape index (κ1) is 15.0. The lowest BCUT2D eigenvalue weighted by Gasteiger charge is -2.28. The lowest BCUT2D eigenvalue weighted by molar-refractivity contribution is -0.162. The summed E-state index contributed by atoms with van der Waals surface area (Å²) >= 11 is 0. The van der Waals surface area contributed by atoms with Crippen LogP contribution in [0.25, 0.3) is 0 Å². The van der Waals surface area contributed by atoms with Crippen LogP contribution in [0.3, 0.4) is 0 Å². The molecule has 23 heavy (non-hydrogen) atoms. The van der Waals surface area contributed by atoms with Gasteiger partial charge < -0.3 is 18.9 Å². The Hall–Kier alpha value is -1.59. The Morgan fingerprint density at radius 1 is 1.35 bits per heavy atom. The number of fused-ring (bicyclic) bond motifs is 5. The van der Waals surface area contributed by atoms with Gasteiger partial charge in [-0.2, -0.15) is 0 Å². The van der Waals surface area contributed by atoms with Crippen molar-refractivity contribution in [2.24, 2.45) is 5.92 Å². The summed E-state index contributed by atoms with van der Waals surface area (Å²) in [4.78, 5) is 11.3. The van der Waals surface area contributed by atoms with Crippen LogP contribution >= 0.6 is 0 Å². The molecule has 1 saturated carbocycles. The highest BCUT2D eigenvalue weighted by molar-refractivity contribution is 5.69. The zero-order valence-electron chi connectivity index (χ0n) is 13.3. The van der Waals surface area contributed by atoms with Crippen LogP contribution in [-0.4, -0.2) is 38.7 Å². The summed E-state index contributed by atoms with van der Waals surface area (Å²) in [7, 11) is 1.43. The van der Waals surface area contributed by atoms with E-state index in [1.165, 1.54) is 18.2 Å². The highest BCUT2D eigenvalue weighted by atomic mass is 16.7. The van der Waals surface area contributed by atoms with Crippen LogP contribution in [-0.2, 0) is 25.4 Å². The number of carbonyl (C=O) groups is 1. The van der Waals surface area contributed by atoms with E-state index in [9.17, 15) is 4.79 Å². The van der Waals surface area contributed by atoms with Crippen molar-refractivity contribution in [2.75, 3.05) is 20.5 Å². The molecular formula is C18H22O5. The number of esters is 1. The Morgan fingerprint density at radius 2 is 2.26 bits per heavy atom. The van der Waals surface area contributed by atoms with E-state index in [0.717, 1.165) is 31.6 Å². The Balaban J connectivity index is 1.51. The van der Waals surface area contributed by atoms with Crippen LogP contribution in [0.2, 0.25) is 0 Å². The predicted octanol–water partition coefficient (Wildman–Crippen LogP) is 2.42. The Kier molecular flexibility index (Phi) is 3.99. The second-order valence-corrected chi connectivity index (χ2v) is 6.54. The number of benzene rings is 1. The van der Waals surface area contributed by atoms with Crippen molar-refractivity contribution in [3.63, 3.8) is 0 Å². The summed E-state index contributed by atoms with van der Waals surface area (Å²) < 4.78 is 22.2. The van der Waals surface area contributed by atoms with Crippen molar-refractivity contribution >= 4 is 5.97 Å². The molecule has 1 aromatic rings. The predicted molar refractivity (Wildman–Crippen MR) is 82.4 cm³/mol. The lowest BCUT2D eigenvalue weighted by Crippen LogP contribution is -2.32. The zero-order valence-corrected chi connectivity index (χ0v) is 13.3. The number of carbonyl (C=O) groups excluding carboxylic acids is 1. The van der Waals surface area contributed by atoms with Gasteiger partial charge in [0.2, 0.25) is 0 Å². The van der Waals surface area contributed by atoms with Gasteiger partial charge in [-0.25, -0.2) is 0 Å². The molecule has 2 unspecified atom stereocenters. The lowest BCUT2D eigenvalue weighted by atomic mass is 9.87. The minimum atomic E-state index is -0.158. The van der Waals surface area contributed by atoms with E-state index < -0.39 is 0 Å². The van der Waals surface area contributed by atoms with E-state index in [-0.39, 0.29) is 18.2 Å². The van der Waals surface area contributed by atoms with Gasteiger partial charge in [-0.3, -0.25) is 4.79 Å². The molecule has 1 aliphatic carbocycles. The van der Waals surface area contributed by atoms with Crippen LogP contribution in [0.5, 0.6) is 5.75 Å². The second-order valence-electron chi connectivity index (χ2n) is 6.54. The third kappa shape index (κ3) is 2.62. The number of hydrogen-bond donors (Lipinski definition) is 0. The third-order valence-electron chi connectivity index (χ3n) is 5.29. The van der Waals surface area contributed by atoms with Gasteiger partial charge in [0.25, 0.3) is 0 Å². The fraction of sp³-hybridized carbons (Fsp3) is 0.611. The monoisotopic (exact) mass is 318 g/mol. The Bertz CT molecular complexity index is 599. The van der Waals surface area contributed by atoms with Gasteiger partial charge in [-0.1, -0.05) is 18.2 Å². The maximum atomic E-state index is 11.3. The van der Waals surface area contributed by atoms with Crippen LogP contribution in [0.15, 0.2) is 18.2 Å². The average Bonchev–Trinajstić information content (AvgIpc) is 3.11. The largest absolute Gasteiger partial charge is 0.489 e. The normalized spacial score (nSPS) is 31.0. The summed E-state index contributed by atoms with van der Waals surface area (Å²) in [6.45, 7) is 1.15. The van der Waals surface area contributed by atoms with E-state index in [1.54, 1.807) is 0 Å². The summed E-state index contributed by atoms with van der Waals surface area (Å²) in [5, 5.41) is 0. The van der Waals surface area contributed by atoms with Gasteiger partial charge in [0.05, 0.1) is 19.8 Å². The maximum absolute atomic E-state index is 11.3. The van der Waals surface area contributed by atoms with Gasteiger partial charge in [-0.05, 0) is 18.4 Å². The van der Waals surface area contributed by atoms with Crippen LogP contribution in [0, 0.1) is 5.92 Å². The molecule has 1 aromatic carbocycles. The molecule has 1 saturated heterocycles. The van der Waals surface area contributed by atoms with E-state index >= 15 is 0 Å². The van der Waals surface area contributed by atoms with E-state index in [0.29, 0.717) is 25.0 Å². The van der Waals surface area contributed by atoms with Crippen molar-refractivity contribution < 1.29 is 23.7 Å². The summed E-state index contributed by atoms with van der Waals surface area (Å²) in [6, 6.07) is 6.36. The summed E-state index contributed by atoms with van der Waals surface area (Å²) in [5.41, 5.74) is 2.47. The van der Waals surface area contributed by atoms with Gasteiger partial charge in [0, 0.05) is 30.2 Å². The fourth-order valence-electron chi connectivity index (χ4n) is 4.22. The number of para-hydroxylation sites is 1. The topological polar surface area (TPSA) is 54.0 Å². The number of aryl methyl sites for hydroxylation is 1. The van der Waals surface area contributed by atoms with Gasteiger partial charge in [0.15, 0.2) is 0 Å². The van der Waals surface area contributed by atoms with Gasteiger partial charge >= 0.3 is 5.97 Å². The molecule has 2 fully saturated rings. The van der Waals surface area contributed by atoms with Crippen LogP contribution in [0.1, 0.15) is 36.3 Å². The van der Waals surface area contributed by atoms with E-state index in [2.05, 4.69) is 18.2 Å². The van der Waals surface area contributed by atoms with Gasteiger partial charge in [0.1, 0.15) is 18.6 Å². The number of rotatable bonds is 4. The molecule has 124 valence electrons. The molecule has 5 heteroatoms. The second kappa shape index (κ2) is 6.13. The Morgan fingerprint density at radius 3 is 3.13 bits per heavy atom. The number of methoxy groups -OCH3 is 1. The number of hydrogen-bond acceptors (Lipinski definition) is 5. The number of ether oxygens (including phenoxy) is 4. The third-order valence-corrected chi connectivity index (χ3v) is 5.29. The molecule has 5 nitrogen and oxygen atoms in total. The molecule has 0 amide bonds. The molecule has 2 aliphatic heterocycles. The first-order chi connectivity index (χ1) is 11.3. The fourth-order valence-corrected chi connectivity index (χ4v) is 4.22. The smallest absolute Gasteiger partial charge is 0.305 e. The van der Waals surface area contributed by atoms with Crippen molar-refractivity contribution in [1.82, 2.24) is 0 Å². The minimum absolute atomic E-state index is 0.158. The molecule has 0 spiro atoms. The van der Waals surface area contributed by atoms with Crippen LogP contribution in [0.4, 0.5) is 0 Å². The maximum Gasteiger partial charge on any atom is 0.305 e. The molecule has 3 aliphatic rings.